The van der Waals surface area contributed by atoms with Gasteiger partial charge in [-0.05, 0) is 12.5 Å². The Morgan fingerprint density at radius 3 is 3.13 bits per heavy atom. The van der Waals surface area contributed by atoms with Crippen molar-refractivity contribution in [2.75, 3.05) is 5.32 Å². The Bertz CT molecular complexity index is 390. The van der Waals surface area contributed by atoms with Gasteiger partial charge in [-0.1, -0.05) is 6.92 Å². The summed E-state index contributed by atoms with van der Waals surface area (Å²) in [6.07, 6.45) is 4.83. The normalized spacial score (nSPS) is 10.5. The fourth-order valence-corrected chi connectivity index (χ4v) is 1.38. The van der Waals surface area contributed by atoms with Gasteiger partial charge in [0.15, 0.2) is 0 Å². The highest BCUT2D eigenvalue weighted by molar-refractivity contribution is 5.32. The molecule has 0 spiro atoms. The van der Waals surface area contributed by atoms with E-state index in [9.17, 15) is 0 Å². The van der Waals surface area contributed by atoms with Crippen LogP contribution in [0.5, 0.6) is 0 Å². The van der Waals surface area contributed by atoms with Crippen LogP contribution in [0.2, 0.25) is 0 Å². The Morgan fingerprint density at radius 1 is 1.47 bits per heavy atom. The van der Waals surface area contributed by atoms with Gasteiger partial charge in [0.1, 0.15) is 5.82 Å². The molecule has 0 saturated heterocycles. The molecule has 5 heteroatoms. The molecular formula is C10H15N5. The molecule has 2 rings (SSSR count). The number of aryl methyl sites for hydroxylation is 1. The van der Waals surface area contributed by atoms with Crippen molar-refractivity contribution in [3.8, 4) is 0 Å². The van der Waals surface area contributed by atoms with Crippen LogP contribution in [-0.4, -0.2) is 20.0 Å². The van der Waals surface area contributed by atoms with Gasteiger partial charge in [0.2, 0.25) is 0 Å². The minimum absolute atomic E-state index is 0.725. The lowest BCUT2D eigenvalue weighted by atomic mass is 10.4. The fourth-order valence-electron chi connectivity index (χ4n) is 1.38. The molecule has 5 nitrogen and oxygen atoms in total. The average molecular weight is 205 g/mol. The lowest BCUT2D eigenvalue weighted by Gasteiger charge is -2.00. The maximum atomic E-state index is 4.37. The van der Waals surface area contributed by atoms with Crippen molar-refractivity contribution in [2.24, 2.45) is 0 Å². The number of aromatic nitrogens is 4. The molecule has 0 fully saturated rings. The zero-order valence-electron chi connectivity index (χ0n) is 8.77. The highest BCUT2D eigenvalue weighted by Crippen LogP contribution is 2.04. The molecule has 2 heterocycles. The molecule has 0 aromatic carbocycles. The SMILES string of the molecule is CCCn1ccc(NCc2ccn[nH]2)n1. The first kappa shape index (κ1) is 9.76. The predicted octanol–water partition coefficient (Wildman–Crippen LogP) is 1.63. The Morgan fingerprint density at radius 2 is 2.40 bits per heavy atom. The summed E-state index contributed by atoms with van der Waals surface area (Å²) < 4.78 is 1.94. The summed E-state index contributed by atoms with van der Waals surface area (Å²) in [4.78, 5) is 0. The Labute approximate surface area is 88.5 Å². The minimum Gasteiger partial charge on any atom is -0.363 e. The number of hydrogen-bond acceptors (Lipinski definition) is 3. The van der Waals surface area contributed by atoms with Crippen LogP contribution >= 0.6 is 0 Å². The summed E-state index contributed by atoms with van der Waals surface area (Å²) >= 11 is 0. The van der Waals surface area contributed by atoms with Gasteiger partial charge in [-0.25, -0.2) is 0 Å². The van der Waals surface area contributed by atoms with E-state index < -0.39 is 0 Å². The van der Waals surface area contributed by atoms with E-state index in [-0.39, 0.29) is 0 Å². The molecular weight excluding hydrogens is 190 g/mol. The summed E-state index contributed by atoms with van der Waals surface area (Å²) in [7, 11) is 0. The number of H-pyrrole nitrogens is 1. The van der Waals surface area contributed by atoms with Gasteiger partial charge in [-0.2, -0.15) is 10.2 Å². The van der Waals surface area contributed by atoms with E-state index in [0.717, 1.165) is 31.0 Å². The van der Waals surface area contributed by atoms with E-state index in [0.29, 0.717) is 0 Å². The predicted molar refractivity (Wildman–Crippen MR) is 58.4 cm³/mol. The summed E-state index contributed by atoms with van der Waals surface area (Å²) in [5, 5.41) is 14.4. The zero-order valence-corrected chi connectivity index (χ0v) is 8.77. The van der Waals surface area contributed by atoms with Crippen LogP contribution in [-0.2, 0) is 13.1 Å². The molecule has 2 aromatic heterocycles. The van der Waals surface area contributed by atoms with Gasteiger partial charge < -0.3 is 5.32 Å². The molecule has 2 N–H and O–H groups in total. The molecule has 80 valence electrons. The second-order valence-corrected chi connectivity index (χ2v) is 3.40. The highest BCUT2D eigenvalue weighted by atomic mass is 15.3. The van der Waals surface area contributed by atoms with Gasteiger partial charge in [0.25, 0.3) is 0 Å². The van der Waals surface area contributed by atoms with E-state index in [1.807, 2.05) is 23.0 Å². The van der Waals surface area contributed by atoms with Crippen LogP contribution in [0.4, 0.5) is 5.82 Å². The van der Waals surface area contributed by atoms with Gasteiger partial charge in [0.05, 0.1) is 12.2 Å². The van der Waals surface area contributed by atoms with Crippen molar-refractivity contribution in [1.82, 2.24) is 20.0 Å². The summed E-state index contributed by atoms with van der Waals surface area (Å²) in [5.41, 5.74) is 1.06. The molecule has 0 radical (unpaired) electrons. The molecule has 0 aliphatic heterocycles. The smallest absolute Gasteiger partial charge is 0.148 e. The largest absolute Gasteiger partial charge is 0.363 e. The third-order valence-corrected chi connectivity index (χ3v) is 2.11. The van der Waals surface area contributed by atoms with E-state index in [1.54, 1.807) is 6.20 Å². The number of nitrogens with one attached hydrogen (secondary N) is 2. The van der Waals surface area contributed by atoms with Crippen LogP contribution in [0.3, 0.4) is 0 Å². The maximum Gasteiger partial charge on any atom is 0.148 e. The number of anilines is 1. The molecule has 0 amide bonds. The molecule has 0 atom stereocenters. The second-order valence-electron chi connectivity index (χ2n) is 3.40. The Balaban J connectivity index is 1.88. The van der Waals surface area contributed by atoms with Crippen LogP contribution < -0.4 is 5.32 Å². The third kappa shape index (κ3) is 2.59. The van der Waals surface area contributed by atoms with Gasteiger partial charge in [-0.15, -0.1) is 0 Å². The number of rotatable bonds is 5. The van der Waals surface area contributed by atoms with E-state index in [2.05, 4.69) is 27.5 Å². The summed E-state index contributed by atoms with van der Waals surface area (Å²) in [5.74, 6) is 0.901. The first-order chi connectivity index (χ1) is 7.38. The van der Waals surface area contributed by atoms with Gasteiger partial charge >= 0.3 is 0 Å². The summed E-state index contributed by atoms with van der Waals surface area (Å²) in [6.45, 7) is 3.83. The molecule has 0 aliphatic carbocycles. The van der Waals surface area contributed by atoms with Crippen LogP contribution in [0, 0.1) is 0 Å². The fraction of sp³-hybridized carbons (Fsp3) is 0.400. The monoisotopic (exact) mass is 205 g/mol. The van der Waals surface area contributed by atoms with Crippen LogP contribution in [0.1, 0.15) is 19.0 Å². The highest BCUT2D eigenvalue weighted by Gasteiger charge is 1.98. The molecule has 0 unspecified atom stereocenters. The van der Waals surface area contributed by atoms with Gasteiger partial charge in [0, 0.05) is 25.0 Å². The Hall–Kier alpha value is -1.78. The van der Waals surface area contributed by atoms with Crippen molar-refractivity contribution in [3.63, 3.8) is 0 Å². The van der Waals surface area contributed by atoms with Crippen LogP contribution in [0.15, 0.2) is 24.5 Å². The van der Waals surface area contributed by atoms with Gasteiger partial charge in [-0.3, -0.25) is 9.78 Å². The third-order valence-electron chi connectivity index (χ3n) is 2.11. The lowest BCUT2D eigenvalue weighted by Crippen LogP contribution is -2.02. The molecule has 0 bridgehead atoms. The number of nitrogens with zero attached hydrogens (tertiary/aromatic N) is 3. The van der Waals surface area contributed by atoms with E-state index in [4.69, 9.17) is 0 Å². The average Bonchev–Trinajstić information content (AvgIpc) is 2.85. The maximum absolute atomic E-state index is 4.37. The van der Waals surface area contributed by atoms with Crippen LogP contribution in [0.25, 0.3) is 0 Å². The van der Waals surface area contributed by atoms with Crippen molar-refractivity contribution < 1.29 is 0 Å². The van der Waals surface area contributed by atoms with Crippen molar-refractivity contribution >= 4 is 5.82 Å². The quantitative estimate of drug-likeness (QED) is 0.780. The minimum atomic E-state index is 0.725. The number of aromatic amines is 1. The standard InChI is InChI=1S/C10H15N5/c1-2-6-15-7-4-10(14-15)11-8-9-3-5-12-13-9/h3-5,7H,2,6,8H2,1H3,(H,11,14)(H,12,13). The topological polar surface area (TPSA) is 58.5 Å². The zero-order chi connectivity index (χ0) is 10.5. The molecule has 2 aromatic rings. The first-order valence-corrected chi connectivity index (χ1v) is 5.14. The number of hydrogen-bond donors (Lipinski definition) is 2. The lowest BCUT2D eigenvalue weighted by molar-refractivity contribution is 0.604. The van der Waals surface area contributed by atoms with Crippen molar-refractivity contribution in [1.29, 1.82) is 0 Å². The van der Waals surface area contributed by atoms with E-state index in [1.165, 1.54) is 0 Å². The van der Waals surface area contributed by atoms with Crippen molar-refractivity contribution in [2.45, 2.75) is 26.4 Å². The molecule has 0 saturated carbocycles. The second kappa shape index (κ2) is 4.63. The molecule has 15 heavy (non-hydrogen) atoms. The van der Waals surface area contributed by atoms with Crippen molar-refractivity contribution in [3.05, 3.63) is 30.2 Å². The Kier molecular flexibility index (Phi) is 3.02. The van der Waals surface area contributed by atoms with E-state index >= 15 is 0 Å². The summed E-state index contributed by atoms with van der Waals surface area (Å²) in [6, 6.07) is 3.92. The first-order valence-electron chi connectivity index (χ1n) is 5.14. The molecule has 0 aliphatic rings.